The van der Waals surface area contributed by atoms with Crippen LogP contribution in [0.25, 0.3) is 0 Å². The molecule has 0 N–H and O–H groups in total. The van der Waals surface area contributed by atoms with Crippen LogP contribution in [0, 0.1) is 6.92 Å². The van der Waals surface area contributed by atoms with Crippen molar-refractivity contribution in [1.29, 1.82) is 0 Å². The third-order valence-corrected chi connectivity index (χ3v) is 4.60. The molecule has 2 rings (SSSR count). The molecule has 0 saturated carbocycles. The van der Waals surface area contributed by atoms with Crippen LogP contribution < -0.4 is 0 Å². The number of hydrogen-bond acceptors (Lipinski definition) is 4. The van der Waals surface area contributed by atoms with E-state index in [1.165, 1.54) is 12.8 Å². The lowest BCUT2D eigenvalue weighted by Crippen LogP contribution is -2.45. The summed E-state index contributed by atoms with van der Waals surface area (Å²) in [4.78, 5) is 23.8. The lowest BCUT2D eigenvalue weighted by molar-refractivity contribution is 0.0694. The minimum Gasteiger partial charge on any atom is -0.336 e. The van der Waals surface area contributed by atoms with Crippen molar-refractivity contribution in [3.8, 4) is 0 Å². The molecule has 1 amide bonds. The SMILES string of the molecule is CCN1CCC[C@@H]1CN(CCN(C)C)C(=O)c1ccc(C)nc1. The van der Waals surface area contributed by atoms with Crippen molar-refractivity contribution in [3.05, 3.63) is 29.6 Å². The summed E-state index contributed by atoms with van der Waals surface area (Å²) in [7, 11) is 4.09. The van der Waals surface area contributed by atoms with Crippen LogP contribution >= 0.6 is 0 Å². The van der Waals surface area contributed by atoms with Crippen molar-refractivity contribution in [2.45, 2.75) is 32.7 Å². The van der Waals surface area contributed by atoms with Crippen LogP contribution in [0.4, 0.5) is 0 Å². The van der Waals surface area contributed by atoms with Gasteiger partial charge in [-0.15, -0.1) is 0 Å². The van der Waals surface area contributed by atoms with Crippen molar-refractivity contribution in [3.63, 3.8) is 0 Å². The van der Waals surface area contributed by atoms with Gasteiger partial charge in [-0.1, -0.05) is 6.92 Å². The van der Waals surface area contributed by atoms with Gasteiger partial charge < -0.3 is 9.80 Å². The number of carbonyl (C=O) groups excluding carboxylic acids is 1. The Morgan fingerprint density at radius 3 is 2.74 bits per heavy atom. The minimum absolute atomic E-state index is 0.0994. The van der Waals surface area contributed by atoms with Crippen molar-refractivity contribution in [2.24, 2.45) is 0 Å². The molecule has 1 fully saturated rings. The van der Waals surface area contributed by atoms with E-state index in [4.69, 9.17) is 0 Å². The van der Waals surface area contributed by atoms with Gasteiger partial charge in [-0.25, -0.2) is 0 Å². The van der Waals surface area contributed by atoms with Crippen LogP contribution in [0.15, 0.2) is 18.3 Å². The zero-order valence-corrected chi connectivity index (χ0v) is 15.0. The van der Waals surface area contributed by atoms with Crippen LogP contribution in [0.2, 0.25) is 0 Å². The number of carbonyl (C=O) groups is 1. The van der Waals surface area contributed by atoms with Gasteiger partial charge in [0.05, 0.1) is 5.56 Å². The Morgan fingerprint density at radius 2 is 2.13 bits per heavy atom. The summed E-state index contributed by atoms with van der Waals surface area (Å²) in [5, 5.41) is 0. The summed E-state index contributed by atoms with van der Waals surface area (Å²) in [6.45, 7) is 8.81. The zero-order valence-electron chi connectivity index (χ0n) is 15.0. The molecule has 23 heavy (non-hydrogen) atoms. The van der Waals surface area contributed by atoms with Crippen LogP contribution in [-0.2, 0) is 0 Å². The fourth-order valence-electron chi connectivity index (χ4n) is 3.15. The molecule has 0 radical (unpaired) electrons. The summed E-state index contributed by atoms with van der Waals surface area (Å²) < 4.78 is 0. The van der Waals surface area contributed by atoms with Gasteiger partial charge in [-0.3, -0.25) is 14.7 Å². The van der Waals surface area contributed by atoms with Crippen molar-refractivity contribution < 1.29 is 4.79 Å². The average molecular weight is 318 g/mol. The molecule has 1 saturated heterocycles. The first-order valence-corrected chi connectivity index (χ1v) is 8.62. The number of aryl methyl sites for hydroxylation is 1. The first-order chi connectivity index (χ1) is 11.0. The quantitative estimate of drug-likeness (QED) is 0.769. The molecule has 1 aliphatic rings. The Morgan fingerprint density at radius 1 is 1.35 bits per heavy atom. The highest BCUT2D eigenvalue weighted by Crippen LogP contribution is 2.18. The van der Waals surface area contributed by atoms with Crippen molar-refractivity contribution in [2.75, 3.05) is 46.8 Å². The highest BCUT2D eigenvalue weighted by molar-refractivity contribution is 5.94. The van der Waals surface area contributed by atoms with Gasteiger partial charge in [0.25, 0.3) is 5.91 Å². The molecule has 0 aliphatic carbocycles. The van der Waals surface area contributed by atoms with Gasteiger partial charge in [-0.2, -0.15) is 0 Å². The van der Waals surface area contributed by atoms with E-state index in [0.29, 0.717) is 11.6 Å². The maximum atomic E-state index is 12.9. The summed E-state index contributed by atoms with van der Waals surface area (Å²) >= 11 is 0. The van der Waals surface area contributed by atoms with Gasteiger partial charge >= 0.3 is 0 Å². The zero-order chi connectivity index (χ0) is 16.8. The van der Waals surface area contributed by atoms with E-state index in [-0.39, 0.29) is 5.91 Å². The average Bonchev–Trinajstić information content (AvgIpc) is 2.98. The molecule has 0 unspecified atom stereocenters. The Hall–Kier alpha value is -1.46. The number of likely N-dealkylation sites (tertiary alicyclic amines) is 1. The number of aromatic nitrogens is 1. The second-order valence-corrected chi connectivity index (χ2v) is 6.67. The molecule has 0 spiro atoms. The maximum Gasteiger partial charge on any atom is 0.255 e. The van der Waals surface area contributed by atoms with Crippen LogP contribution in [0.1, 0.15) is 35.8 Å². The molecule has 1 aromatic heterocycles. The molecular weight excluding hydrogens is 288 g/mol. The van der Waals surface area contributed by atoms with Gasteiger partial charge in [0.1, 0.15) is 0 Å². The smallest absolute Gasteiger partial charge is 0.255 e. The fraction of sp³-hybridized carbons (Fsp3) is 0.667. The lowest BCUT2D eigenvalue weighted by atomic mass is 10.1. The fourth-order valence-corrected chi connectivity index (χ4v) is 3.15. The van der Waals surface area contributed by atoms with E-state index in [0.717, 1.165) is 38.4 Å². The molecular formula is C18H30N4O. The first-order valence-electron chi connectivity index (χ1n) is 8.62. The summed E-state index contributed by atoms with van der Waals surface area (Å²) in [5.41, 5.74) is 1.63. The van der Waals surface area contributed by atoms with Crippen LogP contribution in [-0.4, -0.2) is 78.5 Å². The van der Waals surface area contributed by atoms with E-state index in [1.807, 2.05) is 38.1 Å². The minimum atomic E-state index is 0.0994. The van der Waals surface area contributed by atoms with Crippen molar-refractivity contribution >= 4 is 5.91 Å². The van der Waals surface area contributed by atoms with E-state index in [1.54, 1.807) is 6.20 Å². The third-order valence-electron chi connectivity index (χ3n) is 4.60. The van der Waals surface area contributed by atoms with E-state index in [2.05, 4.69) is 21.7 Å². The molecule has 0 aromatic carbocycles. The van der Waals surface area contributed by atoms with Crippen LogP contribution in [0.5, 0.6) is 0 Å². The van der Waals surface area contributed by atoms with Gasteiger partial charge in [0, 0.05) is 37.6 Å². The number of nitrogens with zero attached hydrogens (tertiary/aromatic N) is 4. The van der Waals surface area contributed by atoms with Gasteiger partial charge in [-0.05, 0) is 59.1 Å². The van der Waals surface area contributed by atoms with Gasteiger partial charge in [0.2, 0.25) is 0 Å². The molecule has 0 bridgehead atoms. The normalized spacial score (nSPS) is 18.6. The Bertz CT molecular complexity index is 500. The highest BCUT2D eigenvalue weighted by Gasteiger charge is 2.27. The largest absolute Gasteiger partial charge is 0.336 e. The number of hydrogen-bond donors (Lipinski definition) is 0. The Kier molecular flexibility index (Phi) is 6.54. The van der Waals surface area contributed by atoms with Crippen LogP contribution in [0.3, 0.4) is 0 Å². The lowest BCUT2D eigenvalue weighted by Gasteiger charge is -2.31. The highest BCUT2D eigenvalue weighted by atomic mass is 16.2. The molecule has 2 heterocycles. The van der Waals surface area contributed by atoms with E-state index < -0.39 is 0 Å². The standard InChI is InChI=1S/C18H30N4O/c1-5-21-10-6-7-17(21)14-22(12-11-20(3)4)18(23)16-9-8-15(2)19-13-16/h8-9,13,17H,5-7,10-12,14H2,1-4H3/t17-/m1/s1. The number of likely N-dealkylation sites (N-methyl/N-ethyl adjacent to an activating group) is 2. The Labute approximate surface area is 140 Å². The second-order valence-electron chi connectivity index (χ2n) is 6.67. The summed E-state index contributed by atoms with van der Waals surface area (Å²) in [6.07, 6.45) is 4.12. The molecule has 1 atom stereocenters. The third kappa shape index (κ3) is 5.01. The Balaban J connectivity index is 2.09. The van der Waals surface area contributed by atoms with E-state index in [9.17, 15) is 4.79 Å². The predicted molar refractivity (Wildman–Crippen MR) is 93.7 cm³/mol. The molecule has 5 heteroatoms. The topological polar surface area (TPSA) is 39.7 Å². The monoisotopic (exact) mass is 318 g/mol. The molecule has 1 aromatic rings. The molecule has 1 aliphatic heterocycles. The van der Waals surface area contributed by atoms with Crippen molar-refractivity contribution in [1.82, 2.24) is 19.7 Å². The number of rotatable bonds is 7. The van der Waals surface area contributed by atoms with E-state index >= 15 is 0 Å². The molecule has 128 valence electrons. The molecule has 5 nitrogen and oxygen atoms in total. The summed E-state index contributed by atoms with van der Waals surface area (Å²) in [5.74, 6) is 0.0994. The number of pyridine rings is 1. The van der Waals surface area contributed by atoms with Gasteiger partial charge in [0.15, 0.2) is 0 Å². The maximum absolute atomic E-state index is 12.9. The predicted octanol–water partition coefficient (Wildman–Crippen LogP) is 1.88. The second kappa shape index (κ2) is 8.41. The number of amides is 1. The first kappa shape index (κ1) is 17.9. The summed E-state index contributed by atoms with van der Waals surface area (Å²) in [6, 6.07) is 4.29.